The topological polar surface area (TPSA) is 0 Å². The minimum atomic E-state index is -0.679. The van der Waals surface area contributed by atoms with Crippen molar-refractivity contribution in [2.24, 2.45) is 0 Å². The molecule has 0 aliphatic carbocycles. The van der Waals surface area contributed by atoms with Crippen LogP contribution in [0.1, 0.15) is 0 Å². The van der Waals surface area contributed by atoms with Crippen LogP contribution in [0, 0.1) is 0 Å². The third-order valence-electron chi connectivity index (χ3n) is 6.42. The molecule has 6 rings (SSSR count). The highest BCUT2D eigenvalue weighted by Gasteiger charge is 2.23. The van der Waals surface area contributed by atoms with Crippen molar-refractivity contribution in [3.63, 3.8) is 0 Å². The van der Waals surface area contributed by atoms with Crippen LogP contribution in [0.5, 0.6) is 0 Å². The maximum absolute atomic E-state index is 2.41. The lowest BCUT2D eigenvalue weighted by molar-refractivity contribution is 1.74. The van der Waals surface area contributed by atoms with Crippen molar-refractivity contribution in [1.29, 1.82) is 0 Å². The molecule has 0 aliphatic rings. The maximum Gasteiger partial charge on any atom is -0.00722 e. The normalized spacial score (nSPS) is 11.3. The fourth-order valence-electron chi connectivity index (χ4n) is 4.82. The largest absolute Gasteiger partial charge is 0.0622 e. The summed E-state index contributed by atoms with van der Waals surface area (Å²) in [6.07, 6.45) is 0. The van der Waals surface area contributed by atoms with Gasteiger partial charge in [0.2, 0.25) is 0 Å². The molecular formula is C34H26P2. The van der Waals surface area contributed by atoms with Crippen LogP contribution < -0.4 is 31.8 Å². The number of benzene rings is 6. The van der Waals surface area contributed by atoms with E-state index < -0.39 is 15.8 Å². The van der Waals surface area contributed by atoms with Crippen LogP contribution in [-0.2, 0) is 0 Å². The van der Waals surface area contributed by atoms with E-state index in [1.807, 2.05) is 0 Å². The van der Waals surface area contributed by atoms with Gasteiger partial charge in [0.1, 0.15) is 0 Å². The fourth-order valence-corrected chi connectivity index (χ4v) is 9.73. The standard InChI is InChI=1S/C34H26P2/c1-5-15-27(16-6-1)35(28-17-7-2-8-18-28)33-25-26-34(32-24-14-13-23-31(32)33)36(29-19-9-3-10-20-29)30-21-11-4-12-22-30/h1-26H. The second-order valence-corrected chi connectivity index (χ2v) is 13.0. The molecule has 0 unspecified atom stereocenters. The van der Waals surface area contributed by atoms with E-state index in [4.69, 9.17) is 0 Å². The molecule has 172 valence electrons. The average molecular weight is 497 g/mol. The van der Waals surface area contributed by atoms with Gasteiger partial charge in [0.25, 0.3) is 0 Å². The monoisotopic (exact) mass is 496 g/mol. The highest BCUT2D eigenvalue weighted by molar-refractivity contribution is 7.81. The summed E-state index contributed by atoms with van der Waals surface area (Å²) in [5.41, 5.74) is 0. The lowest BCUT2D eigenvalue weighted by Crippen LogP contribution is -2.25. The first-order chi connectivity index (χ1) is 17.9. The summed E-state index contributed by atoms with van der Waals surface area (Å²) in [5.74, 6) is 0. The summed E-state index contributed by atoms with van der Waals surface area (Å²) in [7, 11) is -1.36. The van der Waals surface area contributed by atoms with Gasteiger partial charge in [-0.1, -0.05) is 158 Å². The predicted octanol–water partition coefficient (Wildman–Crippen LogP) is 6.36. The smallest absolute Gasteiger partial charge is 0.00722 e. The Morgan fingerprint density at radius 1 is 0.250 bits per heavy atom. The molecule has 2 heteroatoms. The van der Waals surface area contributed by atoms with E-state index in [2.05, 4.69) is 158 Å². The van der Waals surface area contributed by atoms with Crippen molar-refractivity contribution in [3.05, 3.63) is 158 Å². The molecule has 0 atom stereocenters. The Kier molecular flexibility index (Phi) is 6.73. The summed E-state index contributed by atoms with van der Waals surface area (Å²) in [4.78, 5) is 0. The van der Waals surface area contributed by atoms with Crippen LogP contribution >= 0.6 is 15.8 Å². The Morgan fingerprint density at radius 2 is 0.500 bits per heavy atom. The third-order valence-corrected chi connectivity index (χ3v) is 11.4. The molecule has 6 aromatic carbocycles. The van der Waals surface area contributed by atoms with Gasteiger partial charge in [0, 0.05) is 0 Å². The van der Waals surface area contributed by atoms with E-state index >= 15 is 0 Å². The first-order valence-electron chi connectivity index (χ1n) is 12.2. The quantitative estimate of drug-likeness (QED) is 0.236. The Hall–Kier alpha value is -3.56. The van der Waals surface area contributed by atoms with Gasteiger partial charge >= 0.3 is 0 Å². The Labute approximate surface area is 215 Å². The van der Waals surface area contributed by atoms with Gasteiger partial charge in [0.05, 0.1) is 0 Å². The number of hydrogen-bond donors (Lipinski definition) is 0. The van der Waals surface area contributed by atoms with Crippen molar-refractivity contribution in [3.8, 4) is 0 Å². The summed E-state index contributed by atoms with van der Waals surface area (Å²) in [6, 6.07) is 57.8. The third kappa shape index (κ3) is 4.52. The van der Waals surface area contributed by atoms with E-state index in [1.165, 1.54) is 42.6 Å². The van der Waals surface area contributed by atoms with Crippen LogP contribution in [-0.4, -0.2) is 0 Å². The second kappa shape index (κ2) is 10.6. The van der Waals surface area contributed by atoms with E-state index in [9.17, 15) is 0 Å². The molecule has 0 bridgehead atoms. The van der Waals surface area contributed by atoms with Crippen molar-refractivity contribution < 1.29 is 0 Å². The van der Waals surface area contributed by atoms with Crippen molar-refractivity contribution in [2.45, 2.75) is 0 Å². The lowest BCUT2D eigenvalue weighted by Gasteiger charge is -2.25. The van der Waals surface area contributed by atoms with Gasteiger partial charge in [-0.3, -0.25) is 0 Å². The van der Waals surface area contributed by atoms with Crippen LogP contribution in [0.3, 0.4) is 0 Å². The summed E-state index contributed by atoms with van der Waals surface area (Å²) >= 11 is 0. The summed E-state index contributed by atoms with van der Waals surface area (Å²) in [6.45, 7) is 0. The molecule has 0 saturated carbocycles. The molecule has 0 fully saturated rings. The Morgan fingerprint density at radius 3 is 0.778 bits per heavy atom. The zero-order chi connectivity index (χ0) is 24.2. The van der Waals surface area contributed by atoms with Crippen LogP contribution in [0.2, 0.25) is 0 Å². The van der Waals surface area contributed by atoms with E-state index in [-0.39, 0.29) is 0 Å². The molecule has 36 heavy (non-hydrogen) atoms. The van der Waals surface area contributed by atoms with Crippen LogP contribution in [0.15, 0.2) is 158 Å². The van der Waals surface area contributed by atoms with Crippen molar-refractivity contribution >= 4 is 58.4 Å². The predicted molar refractivity (Wildman–Crippen MR) is 161 cm³/mol. The molecule has 0 spiro atoms. The first kappa shape index (κ1) is 22.9. The molecule has 0 aromatic heterocycles. The molecule has 0 radical (unpaired) electrons. The highest BCUT2D eigenvalue weighted by atomic mass is 31.1. The summed E-state index contributed by atoms with van der Waals surface area (Å²) in [5, 5.41) is 11.1. The van der Waals surface area contributed by atoms with Gasteiger partial charge in [-0.2, -0.15) is 0 Å². The Balaban J connectivity index is 1.60. The zero-order valence-corrected chi connectivity index (χ0v) is 21.7. The van der Waals surface area contributed by atoms with Crippen LogP contribution in [0.25, 0.3) is 10.8 Å². The molecule has 6 aromatic rings. The number of fused-ring (bicyclic) bond motifs is 1. The van der Waals surface area contributed by atoms with Crippen LogP contribution in [0.4, 0.5) is 0 Å². The van der Waals surface area contributed by atoms with Gasteiger partial charge < -0.3 is 0 Å². The summed E-state index contributed by atoms with van der Waals surface area (Å²) < 4.78 is 0. The molecule has 0 N–H and O–H groups in total. The fraction of sp³-hybridized carbons (Fsp3) is 0. The van der Waals surface area contributed by atoms with Gasteiger partial charge in [-0.15, -0.1) is 0 Å². The molecular weight excluding hydrogens is 470 g/mol. The minimum Gasteiger partial charge on any atom is -0.0622 e. The van der Waals surface area contributed by atoms with E-state index in [0.29, 0.717) is 0 Å². The number of hydrogen-bond acceptors (Lipinski definition) is 0. The molecule has 0 amide bonds. The van der Waals surface area contributed by atoms with Crippen molar-refractivity contribution in [2.75, 3.05) is 0 Å². The molecule has 0 heterocycles. The molecule has 0 saturated heterocycles. The SMILES string of the molecule is c1ccc(P(c2ccccc2)c2ccc(P(c3ccccc3)c3ccccc3)c3ccccc23)cc1. The Bertz CT molecular complexity index is 1360. The average Bonchev–Trinajstić information content (AvgIpc) is 2.97. The van der Waals surface area contributed by atoms with E-state index in [1.54, 1.807) is 0 Å². The van der Waals surface area contributed by atoms with Crippen molar-refractivity contribution in [1.82, 2.24) is 0 Å². The van der Waals surface area contributed by atoms with Gasteiger partial charge in [0.15, 0.2) is 0 Å². The second-order valence-electron chi connectivity index (χ2n) is 8.66. The van der Waals surface area contributed by atoms with Gasteiger partial charge in [-0.25, -0.2) is 0 Å². The first-order valence-corrected chi connectivity index (χ1v) is 14.9. The molecule has 0 nitrogen and oxygen atoms in total. The minimum absolute atomic E-state index is 0.679. The molecule has 0 aliphatic heterocycles. The lowest BCUT2D eigenvalue weighted by atomic mass is 10.1. The maximum atomic E-state index is 2.41. The van der Waals surface area contributed by atoms with E-state index in [0.717, 1.165) is 0 Å². The highest BCUT2D eigenvalue weighted by Crippen LogP contribution is 2.39. The van der Waals surface area contributed by atoms with Gasteiger partial charge in [-0.05, 0) is 58.4 Å². The number of rotatable bonds is 6. The zero-order valence-electron chi connectivity index (χ0n) is 19.9.